The van der Waals surface area contributed by atoms with Crippen LogP contribution in [0.1, 0.15) is 12.6 Å². The number of nitrogens with one attached hydrogen (secondary N) is 1. The van der Waals surface area contributed by atoms with Gasteiger partial charge in [0.05, 0.1) is 28.4 Å². The molecular weight excluding hydrogens is 452 g/mol. The topological polar surface area (TPSA) is 103 Å². The predicted molar refractivity (Wildman–Crippen MR) is 121 cm³/mol. The van der Waals surface area contributed by atoms with Crippen molar-refractivity contribution in [2.45, 2.75) is 18.7 Å². The number of carbonyl (C=O) groups is 1. The number of carbonyl (C=O) groups excluding carboxylic acids is 1. The van der Waals surface area contributed by atoms with E-state index in [0.717, 1.165) is 23.9 Å². The number of imidazole rings is 1. The number of aryl methyl sites for hydroxylation is 1. The van der Waals surface area contributed by atoms with Crippen LogP contribution in [0.5, 0.6) is 5.75 Å². The van der Waals surface area contributed by atoms with Gasteiger partial charge in [0.25, 0.3) is 10.0 Å². The molecule has 0 atom stereocenters. The lowest BCUT2D eigenvalue weighted by Crippen LogP contribution is -2.28. The molecular formula is C22H19ClN4O4S. The van der Waals surface area contributed by atoms with E-state index in [1.54, 1.807) is 31.4 Å². The van der Waals surface area contributed by atoms with E-state index in [-0.39, 0.29) is 4.90 Å². The first-order valence-electron chi connectivity index (χ1n) is 9.53. The molecule has 0 radical (unpaired) electrons. The molecule has 0 aliphatic rings. The summed E-state index contributed by atoms with van der Waals surface area (Å²) in [5.74, 6) is 0.384. The normalized spacial score (nSPS) is 11.5. The summed E-state index contributed by atoms with van der Waals surface area (Å²) >= 11 is 6.34. The molecule has 2 aromatic carbocycles. The summed E-state index contributed by atoms with van der Waals surface area (Å²) in [6, 6.07) is 13.4. The minimum Gasteiger partial charge on any atom is -0.495 e. The SMILES string of the molecule is COc1ccc(-c2nc3nc(C)ccn3c2-c2ccc(S(=O)(=O)NC(C)=O)cc2)cc1Cl. The van der Waals surface area contributed by atoms with E-state index in [1.165, 1.54) is 12.1 Å². The first-order chi connectivity index (χ1) is 15.2. The number of hydrogen-bond donors (Lipinski definition) is 1. The highest BCUT2D eigenvalue weighted by Gasteiger charge is 2.20. The van der Waals surface area contributed by atoms with Crippen molar-refractivity contribution in [3.63, 3.8) is 0 Å². The Morgan fingerprint density at radius 3 is 2.38 bits per heavy atom. The van der Waals surface area contributed by atoms with Gasteiger partial charge in [0.2, 0.25) is 11.7 Å². The molecule has 2 aromatic heterocycles. The maximum absolute atomic E-state index is 12.3. The van der Waals surface area contributed by atoms with E-state index in [1.807, 2.05) is 34.4 Å². The van der Waals surface area contributed by atoms with Gasteiger partial charge in [-0.15, -0.1) is 0 Å². The van der Waals surface area contributed by atoms with Crippen LogP contribution < -0.4 is 9.46 Å². The highest BCUT2D eigenvalue weighted by Crippen LogP contribution is 2.36. The molecule has 2 heterocycles. The predicted octanol–water partition coefficient (Wildman–Crippen LogP) is 3.86. The van der Waals surface area contributed by atoms with E-state index in [4.69, 9.17) is 21.3 Å². The van der Waals surface area contributed by atoms with Crippen molar-refractivity contribution in [1.29, 1.82) is 0 Å². The molecule has 4 rings (SSSR count). The number of sulfonamides is 1. The Morgan fingerprint density at radius 2 is 1.75 bits per heavy atom. The monoisotopic (exact) mass is 470 g/mol. The fraction of sp³-hybridized carbons (Fsp3) is 0.136. The molecule has 0 fully saturated rings. The van der Waals surface area contributed by atoms with E-state index in [9.17, 15) is 13.2 Å². The molecule has 0 aliphatic heterocycles. The Balaban J connectivity index is 1.89. The molecule has 0 bridgehead atoms. The molecule has 4 aromatic rings. The van der Waals surface area contributed by atoms with E-state index in [2.05, 4.69) is 4.98 Å². The Kier molecular flexibility index (Phi) is 5.62. The maximum Gasteiger partial charge on any atom is 0.264 e. The van der Waals surface area contributed by atoms with Crippen molar-refractivity contribution in [3.8, 4) is 28.3 Å². The third kappa shape index (κ3) is 4.04. The van der Waals surface area contributed by atoms with Crippen molar-refractivity contribution in [2.75, 3.05) is 7.11 Å². The smallest absolute Gasteiger partial charge is 0.264 e. The molecule has 0 saturated heterocycles. The minimum absolute atomic E-state index is 0.0201. The summed E-state index contributed by atoms with van der Waals surface area (Å²) in [7, 11) is -2.39. The van der Waals surface area contributed by atoms with Crippen molar-refractivity contribution in [1.82, 2.24) is 19.1 Å². The lowest BCUT2D eigenvalue weighted by atomic mass is 10.0. The number of amides is 1. The van der Waals surface area contributed by atoms with Crippen LogP contribution in [0.2, 0.25) is 5.02 Å². The number of benzene rings is 2. The van der Waals surface area contributed by atoms with Gasteiger partial charge in [-0.25, -0.2) is 23.1 Å². The Labute approximate surface area is 189 Å². The zero-order valence-electron chi connectivity index (χ0n) is 17.5. The zero-order valence-corrected chi connectivity index (χ0v) is 19.0. The number of methoxy groups -OCH3 is 1. The molecule has 164 valence electrons. The van der Waals surface area contributed by atoms with Crippen LogP contribution in [0.4, 0.5) is 0 Å². The average molecular weight is 471 g/mol. The van der Waals surface area contributed by atoms with E-state index >= 15 is 0 Å². The first-order valence-corrected chi connectivity index (χ1v) is 11.4. The van der Waals surface area contributed by atoms with Crippen molar-refractivity contribution in [2.24, 2.45) is 0 Å². The van der Waals surface area contributed by atoms with Crippen LogP contribution in [0, 0.1) is 6.92 Å². The molecule has 0 saturated carbocycles. The zero-order chi connectivity index (χ0) is 23.0. The summed E-state index contributed by atoms with van der Waals surface area (Å²) in [6.07, 6.45) is 1.86. The lowest BCUT2D eigenvalue weighted by Gasteiger charge is -2.09. The van der Waals surface area contributed by atoms with Crippen LogP contribution in [-0.2, 0) is 14.8 Å². The molecule has 0 unspecified atom stereocenters. The second-order valence-electron chi connectivity index (χ2n) is 7.08. The molecule has 1 N–H and O–H groups in total. The van der Waals surface area contributed by atoms with Crippen molar-refractivity contribution in [3.05, 3.63) is 65.4 Å². The first kappa shape index (κ1) is 21.8. The standard InChI is InChI=1S/C22H19ClN4O4S/c1-13-10-11-27-21(15-4-7-17(8-5-15)32(29,30)26-14(2)28)20(25-22(27)24-13)16-6-9-19(31-3)18(23)12-16/h4-12H,1-3H3,(H,26,28). The minimum atomic E-state index is -3.93. The Hall–Kier alpha value is -3.43. The van der Waals surface area contributed by atoms with Gasteiger partial charge in [0.15, 0.2) is 0 Å². The summed E-state index contributed by atoms with van der Waals surface area (Å²) in [6.45, 7) is 3.02. The van der Waals surface area contributed by atoms with Crippen LogP contribution in [0.3, 0.4) is 0 Å². The lowest BCUT2D eigenvalue weighted by molar-refractivity contribution is -0.117. The van der Waals surface area contributed by atoms with Crippen LogP contribution in [0.25, 0.3) is 28.3 Å². The number of rotatable bonds is 5. The summed E-state index contributed by atoms with van der Waals surface area (Å²) in [4.78, 5) is 20.4. The molecule has 8 nitrogen and oxygen atoms in total. The van der Waals surface area contributed by atoms with Crippen LogP contribution in [-0.4, -0.2) is 35.8 Å². The van der Waals surface area contributed by atoms with E-state index < -0.39 is 15.9 Å². The second-order valence-corrected chi connectivity index (χ2v) is 9.17. The van der Waals surface area contributed by atoms with Gasteiger partial charge in [-0.3, -0.25) is 9.20 Å². The maximum atomic E-state index is 12.3. The van der Waals surface area contributed by atoms with Crippen LogP contribution in [0.15, 0.2) is 59.6 Å². The van der Waals surface area contributed by atoms with Gasteiger partial charge in [-0.2, -0.15) is 0 Å². The summed E-state index contributed by atoms with van der Waals surface area (Å²) in [5, 5.41) is 0.439. The molecule has 0 spiro atoms. The Bertz CT molecular complexity index is 1450. The van der Waals surface area contributed by atoms with Gasteiger partial charge in [0.1, 0.15) is 5.75 Å². The number of nitrogens with zero attached hydrogens (tertiary/aromatic N) is 3. The second kappa shape index (κ2) is 8.25. The highest BCUT2D eigenvalue weighted by atomic mass is 35.5. The number of halogens is 1. The van der Waals surface area contributed by atoms with Crippen molar-refractivity contribution < 1.29 is 17.9 Å². The van der Waals surface area contributed by atoms with Crippen LogP contribution >= 0.6 is 11.6 Å². The third-order valence-electron chi connectivity index (χ3n) is 4.78. The van der Waals surface area contributed by atoms with Gasteiger partial charge < -0.3 is 4.74 Å². The number of ether oxygens (including phenoxy) is 1. The highest BCUT2D eigenvalue weighted by molar-refractivity contribution is 7.90. The van der Waals surface area contributed by atoms with Gasteiger partial charge in [-0.05, 0) is 43.3 Å². The van der Waals surface area contributed by atoms with Gasteiger partial charge in [0, 0.05) is 29.9 Å². The molecule has 32 heavy (non-hydrogen) atoms. The summed E-state index contributed by atoms with van der Waals surface area (Å²) < 4.78 is 33.6. The summed E-state index contributed by atoms with van der Waals surface area (Å²) in [5.41, 5.74) is 3.63. The van der Waals surface area contributed by atoms with Gasteiger partial charge >= 0.3 is 0 Å². The van der Waals surface area contributed by atoms with Gasteiger partial charge in [-0.1, -0.05) is 23.7 Å². The average Bonchev–Trinajstić information content (AvgIpc) is 3.11. The van der Waals surface area contributed by atoms with E-state index in [0.29, 0.717) is 27.8 Å². The molecule has 10 heteroatoms. The quantitative estimate of drug-likeness (QED) is 0.475. The number of aromatic nitrogens is 3. The molecule has 1 amide bonds. The fourth-order valence-corrected chi connectivity index (χ4v) is 4.60. The third-order valence-corrected chi connectivity index (χ3v) is 6.52. The number of fused-ring (bicyclic) bond motifs is 1. The number of hydrogen-bond acceptors (Lipinski definition) is 6. The largest absolute Gasteiger partial charge is 0.495 e. The molecule has 0 aliphatic carbocycles. The Morgan fingerprint density at radius 1 is 1.06 bits per heavy atom. The fourth-order valence-electron chi connectivity index (χ4n) is 3.35. The van der Waals surface area contributed by atoms with Crippen molar-refractivity contribution >= 4 is 33.3 Å².